The Morgan fingerprint density at radius 3 is 1.67 bits per heavy atom. The molecule has 0 nitrogen and oxygen atoms in total. The van der Waals surface area contributed by atoms with Crippen molar-refractivity contribution >= 4 is 0 Å². The summed E-state index contributed by atoms with van der Waals surface area (Å²) in [6.45, 7) is 6.98. The molecule has 0 saturated heterocycles. The molecule has 0 N–H and O–H groups in total. The molecule has 0 saturated carbocycles. The van der Waals surface area contributed by atoms with Crippen molar-refractivity contribution in [1.82, 2.24) is 0 Å². The number of hydrogen-bond acceptors (Lipinski definition) is 0. The van der Waals surface area contributed by atoms with Crippen LogP contribution in [-0.2, 0) is 18.3 Å². The zero-order valence-electron chi connectivity index (χ0n) is 7.04. The van der Waals surface area contributed by atoms with E-state index in [0.29, 0.717) is 0 Å². The van der Waals surface area contributed by atoms with E-state index in [1.54, 1.807) is 0 Å². The van der Waals surface area contributed by atoms with Gasteiger partial charge in [0.1, 0.15) is 0 Å². The van der Waals surface area contributed by atoms with Gasteiger partial charge in [-0.1, -0.05) is 0 Å². The fraction of sp³-hybridized carbons (Fsp3) is 1.00. The molecule has 0 aromatic rings. The molecule has 0 aliphatic carbocycles. The minimum atomic E-state index is 0.726. The maximum absolute atomic E-state index is 2.42. The van der Waals surface area contributed by atoms with Crippen LogP contribution in [0.1, 0.15) is 46.5 Å². The van der Waals surface area contributed by atoms with Gasteiger partial charge in [0.25, 0.3) is 0 Å². The van der Waals surface area contributed by atoms with Crippen molar-refractivity contribution in [2.45, 2.75) is 50.5 Å². The predicted molar refractivity (Wildman–Crippen MR) is 38.2 cm³/mol. The van der Waals surface area contributed by atoms with E-state index in [9.17, 15) is 0 Å². The van der Waals surface area contributed by atoms with Crippen molar-refractivity contribution in [2.75, 3.05) is 0 Å². The second-order valence-corrected chi connectivity index (χ2v) is 6.89. The third kappa shape index (κ3) is 5.09. The van der Waals surface area contributed by atoms with Gasteiger partial charge in [-0.05, 0) is 0 Å². The van der Waals surface area contributed by atoms with Crippen LogP contribution in [0.4, 0.5) is 0 Å². The summed E-state index contributed by atoms with van der Waals surface area (Å²) in [7, 11) is 0. The van der Waals surface area contributed by atoms with Gasteiger partial charge >= 0.3 is 68.8 Å². The number of hydrogen-bond donors (Lipinski definition) is 0. The van der Waals surface area contributed by atoms with Gasteiger partial charge in [0, 0.05) is 0 Å². The second kappa shape index (κ2) is 4.44. The van der Waals surface area contributed by atoms with Crippen LogP contribution in [0.25, 0.3) is 0 Å². The van der Waals surface area contributed by atoms with Gasteiger partial charge < -0.3 is 0 Å². The van der Waals surface area contributed by atoms with Crippen LogP contribution in [0, 0.1) is 0 Å². The first-order valence-corrected chi connectivity index (χ1v) is 5.46. The molecule has 0 atom stereocenters. The van der Waals surface area contributed by atoms with E-state index in [4.69, 9.17) is 0 Å². The van der Waals surface area contributed by atoms with Gasteiger partial charge in [-0.2, -0.15) is 0 Å². The van der Waals surface area contributed by atoms with Crippen molar-refractivity contribution in [3.05, 3.63) is 0 Å². The topological polar surface area (TPSA) is 0 Å². The normalized spacial score (nSPS) is 12.1. The average Bonchev–Trinajstić information content (AvgIpc) is 1.64. The Morgan fingerprint density at radius 2 is 1.44 bits per heavy atom. The minimum absolute atomic E-state index is 0.726. The Morgan fingerprint density at radius 1 is 1.11 bits per heavy atom. The molecule has 0 radical (unpaired) electrons. The molecule has 0 fully saturated rings. The quantitative estimate of drug-likeness (QED) is 0.580. The van der Waals surface area contributed by atoms with Crippen LogP contribution in [0.5, 0.6) is 0 Å². The van der Waals surface area contributed by atoms with E-state index in [0.717, 1.165) is 4.01 Å². The molecule has 9 heavy (non-hydrogen) atoms. The van der Waals surface area contributed by atoms with Gasteiger partial charge in [0.05, 0.1) is 0 Å². The Balaban J connectivity index is 3.43. The first-order valence-electron chi connectivity index (χ1n) is 3.97. The Bertz CT molecular complexity index is 59.0. The van der Waals surface area contributed by atoms with Gasteiger partial charge in [0.15, 0.2) is 0 Å². The molecule has 0 aliphatic rings. The molecule has 1 heteroatoms. The van der Waals surface area contributed by atoms with Crippen LogP contribution in [0.3, 0.4) is 0 Å². The van der Waals surface area contributed by atoms with Crippen molar-refractivity contribution in [3.63, 3.8) is 0 Å². The molecule has 51 valence electrons. The summed E-state index contributed by atoms with van der Waals surface area (Å²) in [6.07, 6.45) is 5.58. The third-order valence-electron chi connectivity index (χ3n) is 1.71. The molecule has 0 rings (SSSR count). The van der Waals surface area contributed by atoms with Crippen molar-refractivity contribution in [1.29, 1.82) is 0 Å². The summed E-state index contributed by atoms with van der Waals surface area (Å²) < 4.78 is 0.726. The Labute approximate surface area is 69.1 Å². The maximum atomic E-state index is 2.42. The molecule has 0 aromatic carbocycles. The summed E-state index contributed by atoms with van der Waals surface area (Å²) in [6, 6.07) is 0. The SMILES string of the molecule is CCC[C](C)([Zn])CCC. The van der Waals surface area contributed by atoms with Crippen molar-refractivity contribution in [2.24, 2.45) is 0 Å². The summed E-state index contributed by atoms with van der Waals surface area (Å²) in [4.78, 5) is 0. The van der Waals surface area contributed by atoms with E-state index >= 15 is 0 Å². The predicted octanol–water partition coefficient (Wildman–Crippen LogP) is 3.31. The molecule has 0 aliphatic heterocycles. The summed E-state index contributed by atoms with van der Waals surface area (Å²) in [5.74, 6) is 0. The Hall–Kier alpha value is 0.623. The molecule has 0 aromatic heterocycles. The number of rotatable bonds is 4. The van der Waals surface area contributed by atoms with Crippen LogP contribution in [0.15, 0.2) is 0 Å². The standard InChI is InChI=1S/C8H17.Zn/c1-4-6-8(3)7-5-2;/h4-7H2,1-3H3;. The molecular weight excluding hydrogens is 161 g/mol. The van der Waals surface area contributed by atoms with Crippen molar-refractivity contribution < 1.29 is 18.3 Å². The van der Waals surface area contributed by atoms with E-state index < -0.39 is 0 Å². The van der Waals surface area contributed by atoms with E-state index in [1.807, 2.05) is 0 Å². The molecule has 0 bridgehead atoms. The molecule has 0 amide bonds. The average molecular weight is 179 g/mol. The monoisotopic (exact) mass is 177 g/mol. The fourth-order valence-electron chi connectivity index (χ4n) is 1.33. The van der Waals surface area contributed by atoms with Crippen LogP contribution in [0.2, 0.25) is 4.01 Å². The zero-order valence-corrected chi connectivity index (χ0v) is 10.0. The summed E-state index contributed by atoms with van der Waals surface area (Å²) in [5.41, 5.74) is 0. The third-order valence-corrected chi connectivity index (χ3v) is 3.19. The van der Waals surface area contributed by atoms with E-state index in [1.165, 1.54) is 44.0 Å². The second-order valence-electron chi connectivity index (χ2n) is 3.31. The molecule has 0 spiro atoms. The summed E-state index contributed by atoms with van der Waals surface area (Å²) in [5, 5.41) is 0. The van der Waals surface area contributed by atoms with Crippen LogP contribution in [-0.4, -0.2) is 0 Å². The van der Waals surface area contributed by atoms with Gasteiger partial charge in [0.2, 0.25) is 0 Å². The van der Waals surface area contributed by atoms with E-state index in [-0.39, 0.29) is 0 Å². The zero-order chi connectivity index (χ0) is 7.33. The summed E-state index contributed by atoms with van der Waals surface area (Å²) >= 11 is 1.47. The molecular formula is C8H17Zn. The first kappa shape index (κ1) is 9.62. The first-order chi connectivity index (χ1) is 4.12. The van der Waals surface area contributed by atoms with Gasteiger partial charge in [-0.15, -0.1) is 0 Å². The van der Waals surface area contributed by atoms with Gasteiger partial charge in [-0.25, -0.2) is 0 Å². The van der Waals surface area contributed by atoms with Crippen LogP contribution < -0.4 is 0 Å². The van der Waals surface area contributed by atoms with Crippen molar-refractivity contribution in [3.8, 4) is 0 Å². The van der Waals surface area contributed by atoms with E-state index in [2.05, 4.69) is 20.8 Å². The van der Waals surface area contributed by atoms with Crippen LogP contribution >= 0.6 is 0 Å². The molecule has 0 heterocycles. The fourth-order valence-corrected chi connectivity index (χ4v) is 2.82. The molecule has 0 unspecified atom stereocenters. The van der Waals surface area contributed by atoms with Gasteiger partial charge in [-0.3, -0.25) is 0 Å². The Kier molecular flexibility index (Phi) is 4.75.